The number of aliphatic hydroxyl groups is 1. The molecule has 2 aliphatic carbocycles. The first-order valence-corrected chi connectivity index (χ1v) is 12.6. The van der Waals surface area contributed by atoms with E-state index in [4.69, 9.17) is 0 Å². The van der Waals surface area contributed by atoms with Gasteiger partial charge in [-0.05, 0) is 67.3 Å². The van der Waals surface area contributed by atoms with Crippen molar-refractivity contribution in [1.29, 1.82) is 0 Å². The van der Waals surface area contributed by atoms with Crippen molar-refractivity contribution in [3.05, 3.63) is 70.5 Å². The lowest BCUT2D eigenvalue weighted by atomic mass is 9.87. The molecule has 2 saturated heterocycles. The smallest absolute Gasteiger partial charge is 0.382 e. The van der Waals surface area contributed by atoms with Gasteiger partial charge in [0.15, 0.2) is 0 Å². The molecular weight excluding hydrogens is 490 g/mol. The summed E-state index contributed by atoms with van der Waals surface area (Å²) in [6, 6.07) is 7.66. The summed E-state index contributed by atoms with van der Waals surface area (Å²) in [5.41, 5.74) is -1.05. The van der Waals surface area contributed by atoms with Crippen molar-refractivity contribution >= 4 is 11.8 Å². The maximum Gasteiger partial charge on any atom is 0.416 e. The molecule has 10 heteroatoms. The summed E-state index contributed by atoms with van der Waals surface area (Å²) in [5.74, 6) is -1.58. The van der Waals surface area contributed by atoms with Crippen molar-refractivity contribution in [2.45, 2.75) is 55.6 Å². The highest BCUT2D eigenvalue weighted by Gasteiger charge is 2.56. The molecule has 196 valence electrons. The first-order valence-electron chi connectivity index (χ1n) is 12.6. The van der Waals surface area contributed by atoms with Crippen LogP contribution in [-0.4, -0.2) is 47.0 Å². The Morgan fingerprint density at radius 2 is 1.86 bits per heavy atom. The Morgan fingerprint density at radius 3 is 2.49 bits per heavy atom. The van der Waals surface area contributed by atoms with E-state index in [2.05, 4.69) is 10.6 Å². The number of hydrogen-bond acceptors (Lipinski definition) is 4. The van der Waals surface area contributed by atoms with Crippen LogP contribution in [-0.2, 0) is 16.6 Å². The van der Waals surface area contributed by atoms with Gasteiger partial charge in [0.1, 0.15) is 17.5 Å². The van der Waals surface area contributed by atoms with Crippen molar-refractivity contribution in [3.8, 4) is 0 Å². The number of β-amino-alcohol motifs (C(OH)–C–C–N with tert-alkyl or cyclic N) is 1. The number of amides is 2. The van der Waals surface area contributed by atoms with Crippen LogP contribution in [0.25, 0.3) is 0 Å². The number of alkyl halides is 3. The van der Waals surface area contributed by atoms with Gasteiger partial charge in [0.25, 0.3) is 5.91 Å². The number of nitrogens with zero attached hydrogens (tertiary/aromatic N) is 1. The van der Waals surface area contributed by atoms with Crippen LogP contribution in [0.2, 0.25) is 0 Å². The van der Waals surface area contributed by atoms with Crippen LogP contribution in [0, 0.1) is 17.7 Å². The molecule has 0 aromatic heterocycles. The van der Waals surface area contributed by atoms with Gasteiger partial charge in [0.2, 0.25) is 5.91 Å². The molecule has 1 unspecified atom stereocenters. The largest absolute Gasteiger partial charge is 0.416 e. The van der Waals surface area contributed by atoms with E-state index >= 15 is 0 Å². The summed E-state index contributed by atoms with van der Waals surface area (Å²) in [6.45, 7) is 0.792. The Morgan fingerprint density at radius 1 is 1.11 bits per heavy atom. The van der Waals surface area contributed by atoms with Crippen molar-refractivity contribution in [2.75, 3.05) is 13.1 Å². The summed E-state index contributed by atoms with van der Waals surface area (Å²) >= 11 is 0. The van der Waals surface area contributed by atoms with Gasteiger partial charge in [-0.3, -0.25) is 9.59 Å². The third-order valence-corrected chi connectivity index (χ3v) is 8.18. The maximum absolute atomic E-state index is 14.8. The van der Waals surface area contributed by atoms with E-state index in [1.54, 1.807) is 29.2 Å². The number of halogens is 4. The van der Waals surface area contributed by atoms with Crippen LogP contribution in [0.3, 0.4) is 0 Å². The highest BCUT2D eigenvalue weighted by Crippen LogP contribution is 2.49. The second kappa shape index (κ2) is 8.52. The third-order valence-electron chi connectivity index (χ3n) is 8.18. The van der Waals surface area contributed by atoms with Crippen LogP contribution in [0.4, 0.5) is 17.6 Å². The van der Waals surface area contributed by atoms with E-state index in [0.29, 0.717) is 36.7 Å². The lowest BCUT2D eigenvalue weighted by Crippen LogP contribution is -2.56. The monoisotopic (exact) mass is 517 g/mol. The zero-order valence-corrected chi connectivity index (χ0v) is 19.9. The fraction of sp³-hybridized carbons (Fsp3) is 0.481. The van der Waals surface area contributed by atoms with Crippen molar-refractivity contribution < 1.29 is 32.3 Å². The Bertz CT molecular complexity index is 1260. The number of piperidine rings is 1. The lowest BCUT2D eigenvalue weighted by molar-refractivity contribution is -0.137. The SMILES string of the molecule is O=C(NC(c1ccc(C(F)(F)F)cc1F)C1CC1)[C@H]1C[C@H]2C[C@H]2N1C(=O)c1cccc(C2(O)CNC2)c1. The molecule has 3 N–H and O–H groups in total. The predicted octanol–water partition coefficient (Wildman–Crippen LogP) is 3.51. The molecule has 2 saturated carbocycles. The van der Waals surface area contributed by atoms with Gasteiger partial charge in [-0.2, -0.15) is 13.2 Å². The summed E-state index contributed by atoms with van der Waals surface area (Å²) in [7, 11) is 0. The predicted molar refractivity (Wildman–Crippen MR) is 125 cm³/mol. The molecule has 4 fully saturated rings. The number of rotatable bonds is 6. The van der Waals surface area contributed by atoms with Crippen LogP contribution in [0.15, 0.2) is 42.5 Å². The summed E-state index contributed by atoms with van der Waals surface area (Å²) in [6.07, 6.45) is -1.90. The molecule has 2 aromatic carbocycles. The Hall–Kier alpha value is -2.98. The maximum atomic E-state index is 14.8. The zero-order valence-electron chi connectivity index (χ0n) is 19.9. The van der Waals surface area contributed by atoms with Crippen LogP contribution >= 0.6 is 0 Å². The molecule has 0 radical (unpaired) electrons. The number of likely N-dealkylation sites (tertiary alicyclic amines) is 1. The van der Waals surface area contributed by atoms with E-state index < -0.39 is 41.1 Å². The summed E-state index contributed by atoms with van der Waals surface area (Å²) in [4.78, 5) is 28.6. The minimum atomic E-state index is -4.66. The molecule has 6 rings (SSSR count). The normalized spacial score (nSPS) is 26.7. The van der Waals surface area contributed by atoms with Crippen molar-refractivity contribution in [3.63, 3.8) is 0 Å². The van der Waals surface area contributed by atoms with Crippen molar-refractivity contribution in [1.82, 2.24) is 15.5 Å². The third kappa shape index (κ3) is 4.40. The molecule has 2 amide bonds. The van der Waals surface area contributed by atoms with Gasteiger partial charge in [-0.1, -0.05) is 18.2 Å². The quantitative estimate of drug-likeness (QED) is 0.513. The number of carbonyl (C=O) groups excluding carboxylic acids is 2. The van der Waals surface area contributed by atoms with E-state index in [0.717, 1.165) is 31.4 Å². The van der Waals surface area contributed by atoms with Crippen LogP contribution < -0.4 is 10.6 Å². The minimum absolute atomic E-state index is 0.0277. The second-order valence-corrected chi connectivity index (χ2v) is 10.8. The van der Waals surface area contributed by atoms with E-state index in [1.807, 2.05) is 0 Å². The molecule has 4 aliphatic rings. The van der Waals surface area contributed by atoms with E-state index in [1.165, 1.54) is 0 Å². The van der Waals surface area contributed by atoms with Gasteiger partial charge < -0.3 is 20.6 Å². The van der Waals surface area contributed by atoms with Gasteiger partial charge in [-0.15, -0.1) is 0 Å². The topological polar surface area (TPSA) is 81.7 Å². The molecule has 2 heterocycles. The molecular formula is C27H27F4N3O3. The van der Waals surface area contributed by atoms with Gasteiger partial charge >= 0.3 is 6.18 Å². The lowest BCUT2D eigenvalue weighted by Gasteiger charge is -2.38. The zero-order chi connectivity index (χ0) is 26.1. The molecule has 37 heavy (non-hydrogen) atoms. The standard InChI is InChI=1S/C27H27F4N3O3/c28-20-11-18(27(29,30)31)6-7-19(20)23(14-4-5-14)33-24(35)22-10-16-9-21(16)34(22)25(36)15-2-1-3-17(8-15)26(37)12-32-13-26/h1-3,6-8,11,14,16,21-23,32,37H,4-5,9-10,12-13H2,(H,33,35)/t16-,21-,22-,23?/m1/s1. The fourth-order valence-corrected chi connectivity index (χ4v) is 5.72. The number of hydrogen-bond donors (Lipinski definition) is 3. The van der Waals surface area contributed by atoms with Gasteiger partial charge in [-0.25, -0.2) is 4.39 Å². The molecule has 0 spiro atoms. The number of carbonyl (C=O) groups is 2. The molecule has 2 aromatic rings. The second-order valence-electron chi connectivity index (χ2n) is 10.8. The average molecular weight is 518 g/mol. The first kappa shape index (κ1) is 24.4. The number of nitrogens with one attached hydrogen (secondary N) is 2. The average Bonchev–Trinajstić information content (AvgIpc) is 3.78. The highest BCUT2D eigenvalue weighted by molar-refractivity contribution is 5.99. The van der Waals surface area contributed by atoms with E-state index in [-0.39, 0.29) is 29.3 Å². The minimum Gasteiger partial charge on any atom is -0.382 e. The molecule has 4 atom stereocenters. The van der Waals surface area contributed by atoms with Gasteiger partial charge in [0.05, 0.1) is 11.6 Å². The Balaban J connectivity index is 1.22. The summed E-state index contributed by atoms with van der Waals surface area (Å²) < 4.78 is 53.8. The molecule has 6 nitrogen and oxygen atoms in total. The van der Waals surface area contributed by atoms with Crippen LogP contribution in [0.1, 0.15) is 58.8 Å². The Labute approximate surface area is 211 Å². The summed E-state index contributed by atoms with van der Waals surface area (Å²) in [5, 5.41) is 16.5. The fourth-order valence-electron chi connectivity index (χ4n) is 5.72. The Kier molecular flexibility index (Phi) is 5.61. The van der Waals surface area contributed by atoms with Crippen molar-refractivity contribution in [2.24, 2.45) is 11.8 Å². The number of benzene rings is 2. The van der Waals surface area contributed by atoms with Gasteiger partial charge in [0, 0.05) is 30.3 Å². The number of fused-ring (bicyclic) bond motifs is 1. The molecule has 0 bridgehead atoms. The van der Waals surface area contributed by atoms with E-state index in [9.17, 15) is 32.3 Å². The highest BCUT2D eigenvalue weighted by atomic mass is 19.4. The van der Waals surface area contributed by atoms with Crippen LogP contribution in [0.5, 0.6) is 0 Å². The molecule has 2 aliphatic heterocycles. The first-order chi connectivity index (χ1) is 17.5.